The fraction of sp³-hybridized carbons (Fsp3) is 0.938. The van der Waals surface area contributed by atoms with Crippen LogP contribution < -0.4 is 10.6 Å². The molecule has 1 aliphatic heterocycles. The lowest BCUT2D eigenvalue weighted by Gasteiger charge is -2.32. The van der Waals surface area contributed by atoms with Gasteiger partial charge in [0.15, 0.2) is 0 Å². The molecule has 21 heavy (non-hydrogen) atoms. The molecule has 1 aliphatic rings. The van der Waals surface area contributed by atoms with Crippen LogP contribution in [0.5, 0.6) is 0 Å². The molecule has 0 saturated carbocycles. The van der Waals surface area contributed by atoms with Gasteiger partial charge in [-0.2, -0.15) is 0 Å². The Kier molecular flexibility index (Phi) is 8.88. The van der Waals surface area contributed by atoms with Gasteiger partial charge in [0.05, 0.1) is 6.04 Å². The zero-order valence-corrected chi connectivity index (χ0v) is 14.3. The van der Waals surface area contributed by atoms with Gasteiger partial charge in [0.1, 0.15) is 0 Å². The Morgan fingerprint density at radius 1 is 1.24 bits per heavy atom. The van der Waals surface area contributed by atoms with E-state index in [-0.39, 0.29) is 18.0 Å². The first-order valence-corrected chi connectivity index (χ1v) is 8.56. The minimum absolute atomic E-state index is 0.0164. The molecule has 1 heterocycles. The third kappa shape index (κ3) is 6.76. The van der Waals surface area contributed by atoms with Crippen molar-refractivity contribution >= 4 is 5.91 Å². The van der Waals surface area contributed by atoms with Gasteiger partial charge in [-0.3, -0.25) is 9.69 Å². The van der Waals surface area contributed by atoms with Gasteiger partial charge in [0, 0.05) is 32.2 Å². The Hall–Kier alpha value is -0.650. The molecule has 2 atom stereocenters. The van der Waals surface area contributed by atoms with Crippen molar-refractivity contribution in [2.24, 2.45) is 0 Å². The third-order valence-electron chi connectivity index (χ3n) is 4.47. The molecule has 5 nitrogen and oxygen atoms in total. The largest absolute Gasteiger partial charge is 0.352 e. The number of nitrogens with zero attached hydrogens (tertiary/aromatic N) is 2. The van der Waals surface area contributed by atoms with Crippen LogP contribution in [0.3, 0.4) is 0 Å². The van der Waals surface area contributed by atoms with Gasteiger partial charge in [0.25, 0.3) is 0 Å². The summed E-state index contributed by atoms with van der Waals surface area (Å²) in [6.07, 6.45) is 2.20. The Morgan fingerprint density at radius 2 is 1.86 bits per heavy atom. The predicted molar refractivity (Wildman–Crippen MR) is 88.5 cm³/mol. The molecule has 0 radical (unpaired) electrons. The van der Waals surface area contributed by atoms with Crippen molar-refractivity contribution in [3.63, 3.8) is 0 Å². The van der Waals surface area contributed by atoms with Gasteiger partial charge >= 0.3 is 0 Å². The van der Waals surface area contributed by atoms with Crippen LogP contribution in [0.25, 0.3) is 0 Å². The fourth-order valence-corrected chi connectivity index (χ4v) is 2.83. The highest BCUT2D eigenvalue weighted by molar-refractivity contribution is 5.81. The fourth-order valence-electron chi connectivity index (χ4n) is 2.83. The van der Waals surface area contributed by atoms with Crippen molar-refractivity contribution in [2.75, 3.05) is 45.8 Å². The molecule has 2 N–H and O–H groups in total. The highest BCUT2D eigenvalue weighted by atomic mass is 16.2. The van der Waals surface area contributed by atoms with E-state index in [1.807, 2.05) is 6.92 Å². The second-order valence-corrected chi connectivity index (χ2v) is 6.04. The van der Waals surface area contributed by atoms with E-state index in [9.17, 15) is 4.79 Å². The summed E-state index contributed by atoms with van der Waals surface area (Å²) in [5.41, 5.74) is 0. The Bertz CT molecular complexity index is 288. The summed E-state index contributed by atoms with van der Waals surface area (Å²) in [5, 5.41) is 6.49. The molecule has 0 spiro atoms. The lowest BCUT2D eigenvalue weighted by molar-refractivity contribution is -0.126. The molecule has 0 aliphatic carbocycles. The van der Waals surface area contributed by atoms with E-state index in [1.165, 1.54) is 0 Å². The van der Waals surface area contributed by atoms with Crippen LogP contribution in [0.15, 0.2) is 0 Å². The van der Waals surface area contributed by atoms with Gasteiger partial charge in [-0.15, -0.1) is 0 Å². The summed E-state index contributed by atoms with van der Waals surface area (Å²) in [7, 11) is 0. The van der Waals surface area contributed by atoms with Gasteiger partial charge in [-0.1, -0.05) is 13.8 Å². The van der Waals surface area contributed by atoms with Crippen LogP contribution in [0.1, 0.15) is 40.5 Å². The van der Waals surface area contributed by atoms with Crippen LogP contribution in [0.4, 0.5) is 0 Å². The maximum atomic E-state index is 12.3. The van der Waals surface area contributed by atoms with E-state index >= 15 is 0 Å². The Balaban J connectivity index is 2.23. The quantitative estimate of drug-likeness (QED) is 0.664. The molecular weight excluding hydrogens is 264 g/mol. The van der Waals surface area contributed by atoms with Crippen LogP contribution in [0, 0.1) is 0 Å². The van der Waals surface area contributed by atoms with Crippen LogP contribution in [0.2, 0.25) is 0 Å². The number of amides is 1. The summed E-state index contributed by atoms with van der Waals surface area (Å²) in [4.78, 5) is 17.0. The standard InChI is InChI=1S/C16H34N4O/c1-5-19(6-2)11-7-8-14(3)18-16(21)15(4)20-12-9-17-10-13-20/h14-15,17H,5-13H2,1-4H3,(H,18,21). The lowest BCUT2D eigenvalue weighted by Crippen LogP contribution is -2.53. The van der Waals surface area contributed by atoms with E-state index in [4.69, 9.17) is 0 Å². The topological polar surface area (TPSA) is 47.6 Å². The van der Waals surface area contributed by atoms with Crippen LogP contribution in [-0.4, -0.2) is 73.6 Å². The number of hydrogen-bond acceptors (Lipinski definition) is 4. The van der Waals surface area contributed by atoms with Crippen molar-refractivity contribution in [3.8, 4) is 0 Å². The van der Waals surface area contributed by atoms with Crippen LogP contribution in [-0.2, 0) is 4.79 Å². The number of carbonyl (C=O) groups excluding carboxylic acids is 1. The third-order valence-corrected chi connectivity index (χ3v) is 4.47. The monoisotopic (exact) mass is 298 g/mol. The number of piperazine rings is 1. The molecule has 0 aromatic carbocycles. The maximum Gasteiger partial charge on any atom is 0.237 e. The molecule has 1 amide bonds. The first kappa shape index (κ1) is 18.4. The summed E-state index contributed by atoms with van der Waals surface area (Å²) in [5.74, 6) is 0.173. The first-order valence-electron chi connectivity index (χ1n) is 8.56. The molecule has 1 saturated heterocycles. The molecule has 0 aromatic rings. The van der Waals surface area contributed by atoms with Crippen molar-refractivity contribution in [2.45, 2.75) is 52.6 Å². The molecule has 1 fully saturated rings. The second-order valence-electron chi connectivity index (χ2n) is 6.04. The number of hydrogen-bond donors (Lipinski definition) is 2. The van der Waals surface area contributed by atoms with E-state index in [0.717, 1.165) is 58.7 Å². The maximum absolute atomic E-state index is 12.3. The number of rotatable bonds is 9. The summed E-state index contributed by atoms with van der Waals surface area (Å²) in [6.45, 7) is 15.8. The van der Waals surface area contributed by atoms with Gasteiger partial charge in [-0.25, -0.2) is 0 Å². The molecule has 0 bridgehead atoms. The molecule has 124 valence electrons. The average Bonchev–Trinajstić information content (AvgIpc) is 2.51. The first-order chi connectivity index (χ1) is 10.1. The minimum Gasteiger partial charge on any atom is -0.352 e. The molecule has 1 rings (SSSR count). The Morgan fingerprint density at radius 3 is 2.43 bits per heavy atom. The predicted octanol–water partition coefficient (Wildman–Crippen LogP) is 0.907. The SMILES string of the molecule is CCN(CC)CCCC(C)NC(=O)C(C)N1CCNCC1. The minimum atomic E-state index is -0.0164. The lowest BCUT2D eigenvalue weighted by atomic mass is 10.1. The summed E-state index contributed by atoms with van der Waals surface area (Å²) < 4.78 is 0. The van der Waals surface area contributed by atoms with Crippen molar-refractivity contribution < 1.29 is 4.79 Å². The van der Waals surface area contributed by atoms with Crippen molar-refractivity contribution in [1.82, 2.24) is 20.4 Å². The second kappa shape index (κ2) is 10.1. The highest BCUT2D eigenvalue weighted by Gasteiger charge is 2.23. The zero-order valence-electron chi connectivity index (χ0n) is 14.3. The summed E-state index contributed by atoms with van der Waals surface area (Å²) >= 11 is 0. The van der Waals surface area contributed by atoms with Gasteiger partial charge < -0.3 is 15.5 Å². The zero-order chi connectivity index (χ0) is 15.7. The van der Waals surface area contributed by atoms with E-state index in [2.05, 4.69) is 41.2 Å². The van der Waals surface area contributed by atoms with E-state index in [1.54, 1.807) is 0 Å². The van der Waals surface area contributed by atoms with Gasteiger partial charge in [-0.05, 0) is 46.3 Å². The number of carbonyl (C=O) groups is 1. The number of nitrogens with one attached hydrogen (secondary N) is 2. The normalized spacial score (nSPS) is 19.5. The molecule has 2 unspecified atom stereocenters. The van der Waals surface area contributed by atoms with Crippen LogP contribution >= 0.6 is 0 Å². The van der Waals surface area contributed by atoms with E-state index in [0.29, 0.717) is 0 Å². The Labute approximate surface area is 130 Å². The van der Waals surface area contributed by atoms with E-state index < -0.39 is 0 Å². The highest BCUT2D eigenvalue weighted by Crippen LogP contribution is 2.04. The molecular formula is C16H34N4O. The van der Waals surface area contributed by atoms with Crippen molar-refractivity contribution in [1.29, 1.82) is 0 Å². The van der Waals surface area contributed by atoms with Gasteiger partial charge in [0.2, 0.25) is 5.91 Å². The molecule has 5 heteroatoms. The smallest absolute Gasteiger partial charge is 0.237 e. The summed E-state index contributed by atoms with van der Waals surface area (Å²) in [6, 6.07) is 0.246. The molecule has 0 aromatic heterocycles. The van der Waals surface area contributed by atoms with Crippen molar-refractivity contribution in [3.05, 3.63) is 0 Å². The average molecular weight is 298 g/mol.